The monoisotopic (exact) mass is 553 g/mol. The summed E-state index contributed by atoms with van der Waals surface area (Å²) in [5.74, 6) is 5.21. The third kappa shape index (κ3) is 5.61. The number of likely N-dealkylation sites (tertiary alicyclic amines) is 2. The van der Waals surface area contributed by atoms with E-state index in [0.717, 1.165) is 104 Å². The van der Waals surface area contributed by atoms with Gasteiger partial charge in [-0.3, -0.25) is 9.88 Å². The Labute approximate surface area is 234 Å². The zero-order valence-corrected chi connectivity index (χ0v) is 24.2. The highest BCUT2D eigenvalue weighted by Crippen LogP contribution is 2.40. The minimum atomic E-state index is -0.455. The van der Waals surface area contributed by atoms with Gasteiger partial charge in [-0.1, -0.05) is 0 Å². The van der Waals surface area contributed by atoms with Gasteiger partial charge in [0, 0.05) is 55.3 Å². The number of carbonyl (C=O) groups is 1. The van der Waals surface area contributed by atoms with E-state index in [1.54, 1.807) is 6.33 Å². The third-order valence-corrected chi connectivity index (χ3v) is 8.93. The van der Waals surface area contributed by atoms with Gasteiger partial charge < -0.3 is 24.6 Å². The molecule has 4 aliphatic rings. The van der Waals surface area contributed by atoms with Gasteiger partial charge >= 0.3 is 6.09 Å². The summed E-state index contributed by atoms with van der Waals surface area (Å²) in [6, 6.07) is 2.57. The number of aromatic nitrogens is 3. The van der Waals surface area contributed by atoms with Crippen molar-refractivity contribution in [2.75, 3.05) is 61.0 Å². The van der Waals surface area contributed by atoms with Crippen LogP contribution >= 0.6 is 11.8 Å². The van der Waals surface area contributed by atoms with Crippen LogP contribution in [0.25, 0.3) is 0 Å². The Bertz CT molecular complexity index is 1220. The van der Waals surface area contributed by atoms with E-state index in [1.807, 2.05) is 44.4 Å². The van der Waals surface area contributed by atoms with Crippen LogP contribution in [0.2, 0.25) is 0 Å². The lowest BCUT2D eigenvalue weighted by Gasteiger charge is -2.47. The van der Waals surface area contributed by atoms with E-state index in [4.69, 9.17) is 14.5 Å². The number of anilines is 3. The Hall–Kier alpha value is -2.79. The number of amides is 1. The molecule has 2 aromatic rings. The molecule has 3 saturated heterocycles. The van der Waals surface area contributed by atoms with Gasteiger partial charge in [-0.15, -0.1) is 0 Å². The number of nitrogens with one attached hydrogen (secondary N) is 1. The summed E-state index contributed by atoms with van der Waals surface area (Å²) in [5.41, 5.74) is 3.50. The predicted molar refractivity (Wildman–Crippen MR) is 153 cm³/mol. The Morgan fingerprint density at radius 2 is 1.87 bits per heavy atom. The van der Waals surface area contributed by atoms with Gasteiger partial charge in [0.25, 0.3) is 0 Å². The summed E-state index contributed by atoms with van der Waals surface area (Å²) in [6.07, 6.45) is 3.54. The number of carbonyl (C=O) groups excluding carboxylic acids is 1. The molecule has 0 saturated carbocycles. The molecule has 0 aromatic carbocycles. The van der Waals surface area contributed by atoms with Crippen LogP contribution in [0.5, 0.6) is 5.75 Å². The summed E-state index contributed by atoms with van der Waals surface area (Å²) in [5, 5.41) is 3.57. The van der Waals surface area contributed by atoms with Gasteiger partial charge in [-0.2, -0.15) is 11.8 Å². The molecule has 210 valence electrons. The Morgan fingerprint density at radius 3 is 2.59 bits per heavy atom. The van der Waals surface area contributed by atoms with Crippen LogP contribution in [0.1, 0.15) is 56.5 Å². The van der Waals surface area contributed by atoms with Crippen LogP contribution in [0.15, 0.2) is 12.4 Å². The number of rotatable bonds is 3. The first-order chi connectivity index (χ1) is 18.7. The number of nitrogens with zero attached hydrogens (tertiary/aromatic N) is 6. The molecule has 0 radical (unpaired) electrons. The van der Waals surface area contributed by atoms with Crippen molar-refractivity contribution < 1.29 is 14.3 Å². The molecule has 3 fully saturated rings. The molecular formula is C28H39N7O3S. The smallest absolute Gasteiger partial charge is 0.410 e. The van der Waals surface area contributed by atoms with E-state index in [0.29, 0.717) is 18.6 Å². The molecule has 1 N–H and O–H groups in total. The van der Waals surface area contributed by atoms with Gasteiger partial charge in [0.2, 0.25) is 0 Å². The van der Waals surface area contributed by atoms with Crippen LogP contribution < -0.4 is 15.0 Å². The highest BCUT2D eigenvalue weighted by Gasteiger charge is 2.38. The van der Waals surface area contributed by atoms with Gasteiger partial charge in [0.1, 0.15) is 30.2 Å². The van der Waals surface area contributed by atoms with Crippen molar-refractivity contribution in [3.05, 3.63) is 29.3 Å². The molecule has 0 spiro atoms. The van der Waals surface area contributed by atoms with Crippen LogP contribution in [0.4, 0.5) is 22.1 Å². The molecule has 0 unspecified atom stereocenters. The molecule has 0 atom stereocenters. The highest BCUT2D eigenvalue weighted by molar-refractivity contribution is 7.99. The maximum atomic E-state index is 12.3. The Kier molecular flexibility index (Phi) is 7.22. The number of fused-ring (bicyclic) bond motifs is 2. The summed E-state index contributed by atoms with van der Waals surface area (Å²) in [4.78, 5) is 33.2. The second kappa shape index (κ2) is 10.6. The predicted octanol–water partition coefficient (Wildman–Crippen LogP) is 4.17. The highest BCUT2D eigenvalue weighted by atomic mass is 32.2. The number of hydrogen-bond acceptors (Lipinski definition) is 10. The summed E-state index contributed by atoms with van der Waals surface area (Å²) in [7, 11) is 0. The molecule has 4 aliphatic heterocycles. The summed E-state index contributed by atoms with van der Waals surface area (Å²) < 4.78 is 11.8. The second-order valence-corrected chi connectivity index (χ2v) is 13.1. The molecule has 11 heteroatoms. The first-order valence-electron chi connectivity index (χ1n) is 14.0. The van der Waals surface area contributed by atoms with E-state index in [9.17, 15) is 4.79 Å². The third-order valence-electron chi connectivity index (χ3n) is 7.99. The lowest BCUT2D eigenvalue weighted by Crippen LogP contribution is -2.62. The zero-order valence-electron chi connectivity index (χ0n) is 23.4. The zero-order chi connectivity index (χ0) is 27.1. The van der Waals surface area contributed by atoms with E-state index in [1.165, 1.54) is 0 Å². The number of piperidine rings is 1. The van der Waals surface area contributed by atoms with Crippen molar-refractivity contribution in [2.24, 2.45) is 0 Å². The molecule has 10 nitrogen and oxygen atoms in total. The summed E-state index contributed by atoms with van der Waals surface area (Å²) >= 11 is 1.99. The quantitative estimate of drug-likeness (QED) is 0.597. The molecule has 2 aromatic heterocycles. The van der Waals surface area contributed by atoms with Crippen molar-refractivity contribution in [1.82, 2.24) is 24.8 Å². The number of ether oxygens (including phenoxy) is 2. The molecule has 6 rings (SSSR count). The molecule has 6 heterocycles. The van der Waals surface area contributed by atoms with E-state index < -0.39 is 5.60 Å². The number of pyridine rings is 1. The first kappa shape index (κ1) is 26.4. The van der Waals surface area contributed by atoms with Crippen molar-refractivity contribution in [2.45, 2.75) is 64.7 Å². The topological polar surface area (TPSA) is 96.0 Å². The second-order valence-electron chi connectivity index (χ2n) is 11.9. The average Bonchev–Trinajstić information content (AvgIpc) is 3.07. The van der Waals surface area contributed by atoms with Gasteiger partial charge in [-0.25, -0.2) is 14.8 Å². The molecule has 0 bridgehead atoms. The average molecular weight is 554 g/mol. The normalized spacial score (nSPS) is 20.7. The van der Waals surface area contributed by atoms with Crippen LogP contribution in [0.3, 0.4) is 0 Å². The number of aryl methyl sites for hydroxylation is 1. The first-order valence-corrected chi connectivity index (χ1v) is 15.2. The van der Waals surface area contributed by atoms with E-state index in [-0.39, 0.29) is 6.09 Å². The largest absolute Gasteiger partial charge is 0.485 e. The summed E-state index contributed by atoms with van der Waals surface area (Å²) in [6.45, 7) is 13.7. The van der Waals surface area contributed by atoms with Crippen molar-refractivity contribution in [3.8, 4) is 5.75 Å². The standard InChI is InChI=1S/C28H39N7O3S/c1-18-24-23(32-25-21(16-37-24)26(30-17-29-25)34-9-11-39-12-10-34)13-22(31-18)19-5-7-33(8-6-19)20-14-35(15-20)27(36)38-28(2,3)4/h13,17,19-20H,5-12,14-16H2,1-4H3,(H,29,30,32). The maximum absolute atomic E-state index is 12.3. The Morgan fingerprint density at radius 1 is 1.13 bits per heavy atom. The van der Waals surface area contributed by atoms with Gasteiger partial charge in [-0.05, 0) is 59.7 Å². The number of hydrogen-bond donors (Lipinski definition) is 1. The molecule has 0 aliphatic carbocycles. The van der Waals surface area contributed by atoms with Crippen molar-refractivity contribution in [3.63, 3.8) is 0 Å². The van der Waals surface area contributed by atoms with Gasteiger partial charge in [0.15, 0.2) is 5.75 Å². The minimum Gasteiger partial charge on any atom is -0.485 e. The van der Waals surface area contributed by atoms with Crippen molar-refractivity contribution in [1.29, 1.82) is 0 Å². The van der Waals surface area contributed by atoms with E-state index in [2.05, 4.69) is 31.2 Å². The lowest BCUT2D eigenvalue weighted by atomic mass is 9.91. The maximum Gasteiger partial charge on any atom is 0.410 e. The fourth-order valence-electron chi connectivity index (χ4n) is 5.85. The number of thioether (sulfide) groups is 1. The van der Waals surface area contributed by atoms with Crippen LogP contribution in [-0.4, -0.2) is 93.3 Å². The molecule has 1 amide bonds. The SMILES string of the molecule is Cc1nc(C2CCN(C3CN(C(=O)OC(C)(C)C)C3)CC2)cc2c1OCc1c(ncnc1N1CCSCC1)N2. The van der Waals surface area contributed by atoms with E-state index >= 15 is 0 Å². The fraction of sp³-hybridized carbons (Fsp3) is 0.643. The fourth-order valence-corrected chi connectivity index (χ4v) is 6.76. The van der Waals surface area contributed by atoms with Crippen LogP contribution in [-0.2, 0) is 11.3 Å². The molecular weight excluding hydrogens is 514 g/mol. The Balaban J connectivity index is 1.11. The minimum absolute atomic E-state index is 0.207. The van der Waals surface area contributed by atoms with Gasteiger partial charge in [0.05, 0.1) is 16.9 Å². The van der Waals surface area contributed by atoms with Crippen LogP contribution in [0, 0.1) is 6.92 Å². The lowest BCUT2D eigenvalue weighted by molar-refractivity contribution is -0.0197. The van der Waals surface area contributed by atoms with Crippen molar-refractivity contribution >= 4 is 35.2 Å². The molecule has 39 heavy (non-hydrogen) atoms.